The van der Waals surface area contributed by atoms with Crippen LogP contribution >= 0.6 is 0 Å². The first kappa shape index (κ1) is 15.7. The van der Waals surface area contributed by atoms with E-state index in [0.717, 1.165) is 24.4 Å². The lowest BCUT2D eigenvalue weighted by Gasteiger charge is -2.23. The molecule has 122 valence electrons. The second kappa shape index (κ2) is 7.88. The number of anilines is 1. The molecule has 0 aliphatic carbocycles. The van der Waals surface area contributed by atoms with E-state index in [4.69, 9.17) is 15.2 Å². The Morgan fingerprint density at radius 1 is 1.04 bits per heavy atom. The molecule has 0 saturated carbocycles. The van der Waals surface area contributed by atoms with Crippen molar-refractivity contribution in [2.45, 2.75) is 19.4 Å². The second-order valence-electron chi connectivity index (χ2n) is 6.00. The van der Waals surface area contributed by atoms with Gasteiger partial charge in [-0.15, -0.1) is 0 Å². The van der Waals surface area contributed by atoms with E-state index in [0.29, 0.717) is 30.6 Å². The third-order valence-electron chi connectivity index (χ3n) is 4.08. The van der Waals surface area contributed by atoms with Crippen molar-refractivity contribution in [2.24, 2.45) is 5.92 Å². The molecule has 0 spiro atoms. The average molecular weight is 312 g/mol. The summed E-state index contributed by atoms with van der Waals surface area (Å²) < 4.78 is 11.9. The van der Waals surface area contributed by atoms with Gasteiger partial charge in [0.05, 0.1) is 6.61 Å². The molecule has 2 aromatic carbocycles. The molecule has 1 aliphatic rings. The van der Waals surface area contributed by atoms with E-state index in [1.54, 1.807) is 0 Å². The van der Waals surface area contributed by atoms with Crippen molar-refractivity contribution in [3.8, 4) is 11.5 Å². The highest BCUT2D eigenvalue weighted by Gasteiger charge is 2.15. The Hall–Kier alpha value is -2.20. The van der Waals surface area contributed by atoms with Gasteiger partial charge in [-0.1, -0.05) is 30.3 Å². The molecule has 3 N–H and O–H groups in total. The second-order valence-corrected chi connectivity index (χ2v) is 6.00. The van der Waals surface area contributed by atoms with E-state index in [-0.39, 0.29) is 0 Å². The molecular weight excluding hydrogens is 288 g/mol. The van der Waals surface area contributed by atoms with E-state index >= 15 is 0 Å². The predicted octanol–water partition coefficient (Wildman–Crippen LogP) is 3.23. The molecule has 2 aromatic rings. The maximum absolute atomic E-state index is 6.00. The fraction of sp³-hybridized carbons (Fsp3) is 0.368. The van der Waals surface area contributed by atoms with Gasteiger partial charge in [0.25, 0.3) is 0 Å². The van der Waals surface area contributed by atoms with Crippen LogP contribution in [-0.2, 0) is 6.61 Å². The van der Waals surface area contributed by atoms with Gasteiger partial charge in [-0.3, -0.25) is 0 Å². The van der Waals surface area contributed by atoms with Crippen LogP contribution in [0.1, 0.15) is 18.4 Å². The molecule has 1 saturated heterocycles. The third-order valence-corrected chi connectivity index (χ3v) is 4.08. The minimum absolute atomic E-state index is 0.506. The quantitative estimate of drug-likeness (QED) is 0.804. The van der Waals surface area contributed by atoms with Gasteiger partial charge in [-0.05, 0) is 37.1 Å². The van der Waals surface area contributed by atoms with Crippen LogP contribution in [0.2, 0.25) is 0 Å². The van der Waals surface area contributed by atoms with Crippen molar-refractivity contribution in [1.29, 1.82) is 0 Å². The number of benzene rings is 2. The first-order valence-corrected chi connectivity index (χ1v) is 8.21. The summed E-state index contributed by atoms with van der Waals surface area (Å²) >= 11 is 0. The van der Waals surface area contributed by atoms with E-state index in [2.05, 4.69) is 5.32 Å². The summed E-state index contributed by atoms with van der Waals surface area (Å²) in [7, 11) is 0. The number of nitrogens with one attached hydrogen (secondary N) is 1. The third kappa shape index (κ3) is 4.63. The fourth-order valence-electron chi connectivity index (χ4n) is 2.77. The molecule has 4 nitrogen and oxygen atoms in total. The summed E-state index contributed by atoms with van der Waals surface area (Å²) in [6, 6.07) is 15.7. The van der Waals surface area contributed by atoms with Gasteiger partial charge in [0, 0.05) is 24.2 Å². The standard InChI is InChI=1S/C19H24N2O2/c20-17-8-9-18(22-14-16-7-4-10-21-12-16)19(11-17)23-13-15-5-2-1-3-6-15/h1-3,5-6,8-9,11,16,21H,4,7,10,12-14,20H2. The van der Waals surface area contributed by atoms with Gasteiger partial charge < -0.3 is 20.5 Å². The maximum Gasteiger partial charge on any atom is 0.163 e. The zero-order valence-corrected chi connectivity index (χ0v) is 13.3. The summed E-state index contributed by atoms with van der Waals surface area (Å²) in [4.78, 5) is 0. The van der Waals surface area contributed by atoms with Gasteiger partial charge >= 0.3 is 0 Å². The summed E-state index contributed by atoms with van der Waals surface area (Å²) in [6.07, 6.45) is 2.43. The van der Waals surface area contributed by atoms with Gasteiger partial charge in [0.1, 0.15) is 6.61 Å². The SMILES string of the molecule is Nc1ccc(OCC2CCCNC2)c(OCc2ccccc2)c1. The van der Waals surface area contributed by atoms with Crippen molar-refractivity contribution in [3.05, 3.63) is 54.1 Å². The highest BCUT2D eigenvalue weighted by atomic mass is 16.5. The van der Waals surface area contributed by atoms with Crippen molar-refractivity contribution in [3.63, 3.8) is 0 Å². The molecule has 23 heavy (non-hydrogen) atoms. The Morgan fingerprint density at radius 3 is 2.70 bits per heavy atom. The monoisotopic (exact) mass is 312 g/mol. The summed E-state index contributed by atoms with van der Waals surface area (Å²) in [5.74, 6) is 2.03. The minimum Gasteiger partial charge on any atom is -0.489 e. The van der Waals surface area contributed by atoms with Gasteiger partial charge in [0.2, 0.25) is 0 Å². The van der Waals surface area contributed by atoms with Crippen LogP contribution in [-0.4, -0.2) is 19.7 Å². The predicted molar refractivity (Wildman–Crippen MR) is 92.7 cm³/mol. The van der Waals surface area contributed by atoms with Crippen LogP contribution in [0.25, 0.3) is 0 Å². The molecule has 0 aromatic heterocycles. The minimum atomic E-state index is 0.506. The van der Waals surface area contributed by atoms with Crippen LogP contribution in [0.15, 0.2) is 48.5 Å². The highest BCUT2D eigenvalue weighted by molar-refractivity contribution is 5.52. The fourth-order valence-corrected chi connectivity index (χ4v) is 2.77. The molecular formula is C19H24N2O2. The molecule has 0 bridgehead atoms. The van der Waals surface area contributed by atoms with Crippen molar-refractivity contribution >= 4 is 5.69 Å². The van der Waals surface area contributed by atoms with E-state index in [1.807, 2.05) is 48.5 Å². The Kier molecular flexibility index (Phi) is 5.37. The van der Waals surface area contributed by atoms with E-state index < -0.39 is 0 Å². The Bertz CT molecular complexity index is 610. The number of hydrogen-bond donors (Lipinski definition) is 2. The average Bonchev–Trinajstić information content (AvgIpc) is 2.61. The number of piperidine rings is 1. The molecule has 4 heteroatoms. The van der Waals surface area contributed by atoms with E-state index in [1.165, 1.54) is 12.8 Å². The Balaban J connectivity index is 1.62. The van der Waals surface area contributed by atoms with Gasteiger partial charge in [-0.25, -0.2) is 0 Å². The Morgan fingerprint density at radius 2 is 1.91 bits per heavy atom. The van der Waals surface area contributed by atoms with Crippen LogP contribution in [0.5, 0.6) is 11.5 Å². The number of hydrogen-bond acceptors (Lipinski definition) is 4. The van der Waals surface area contributed by atoms with Crippen molar-refractivity contribution in [1.82, 2.24) is 5.32 Å². The maximum atomic E-state index is 6.00. The van der Waals surface area contributed by atoms with Gasteiger partial charge in [-0.2, -0.15) is 0 Å². The molecule has 1 fully saturated rings. The summed E-state index contributed by atoms with van der Waals surface area (Å²) in [5, 5.41) is 3.41. The topological polar surface area (TPSA) is 56.5 Å². The molecule has 1 heterocycles. The number of nitrogen functional groups attached to an aromatic ring is 1. The normalized spacial score (nSPS) is 17.7. The molecule has 0 radical (unpaired) electrons. The largest absolute Gasteiger partial charge is 0.489 e. The summed E-state index contributed by atoms with van der Waals surface area (Å²) in [6.45, 7) is 3.35. The molecule has 3 rings (SSSR count). The number of rotatable bonds is 6. The van der Waals surface area contributed by atoms with Crippen LogP contribution < -0.4 is 20.5 Å². The molecule has 1 atom stereocenters. The summed E-state index contributed by atoms with van der Waals surface area (Å²) in [5.41, 5.74) is 7.69. The van der Waals surface area contributed by atoms with Crippen LogP contribution in [0.3, 0.4) is 0 Å². The first-order valence-electron chi connectivity index (χ1n) is 8.21. The smallest absolute Gasteiger partial charge is 0.163 e. The van der Waals surface area contributed by atoms with Crippen molar-refractivity contribution in [2.75, 3.05) is 25.4 Å². The van der Waals surface area contributed by atoms with Crippen LogP contribution in [0, 0.1) is 5.92 Å². The van der Waals surface area contributed by atoms with Crippen molar-refractivity contribution < 1.29 is 9.47 Å². The Labute approximate surface area is 137 Å². The number of nitrogens with two attached hydrogens (primary N) is 1. The zero-order valence-electron chi connectivity index (χ0n) is 13.3. The van der Waals surface area contributed by atoms with E-state index in [9.17, 15) is 0 Å². The lowest BCUT2D eigenvalue weighted by molar-refractivity contribution is 0.204. The van der Waals surface area contributed by atoms with Crippen LogP contribution in [0.4, 0.5) is 5.69 Å². The molecule has 1 unspecified atom stereocenters. The lowest BCUT2D eigenvalue weighted by Crippen LogP contribution is -2.33. The van der Waals surface area contributed by atoms with Gasteiger partial charge in [0.15, 0.2) is 11.5 Å². The zero-order chi connectivity index (χ0) is 15.9. The first-order chi connectivity index (χ1) is 11.3. The highest BCUT2D eigenvalue weighted by Crippen LogP contribution is 2.31. The number of ether oxygens (including phenoxy) is 2. The molecule has 1 aliphatic heterocycles. The molecule has 0 amide bonds. The lowest BCUT2D eigenvalue weighted by atomic mass is 10.0.